The number of ether oxygens (including phenoxy) is 1. The second-order valence-corrected chi connectivity index (χ2v) is 5.45. The molecule has 0 aliphatic carbocycles. The van der Waals surface area contributed by atoms with Crippen molar-refractivity contribution < 1.29 is 4.74 Å². The van der Waals surface area contributed by atoms with Crippen LogP contribution in [0.15, 0.2) is 24.3 Å². The van der Waals surface area contributed by atoms with E-state index in [-0.39, 0.29) is 0 Å². The highest BCUT2D eigenvalue weighted by molar-refractivity contribution is 5.26. The Morgan fingerprint density at radius 3 is 2.11 bits per heavy atom. The van der Waals surface area contributed by atoms with Crippen LogP contribution >= 0.6 is 0 Å². The van der Waals surface area contributed by atoms with Crippen molar-refractivity contribution in [3.05, 3.63) is 29.8 Å². The number of nitrogens with zero attached hydrogens (tertiary/aromatic N) is 1. The predicted molar refractivity (Wildman–Crippen MR) is 81.7 cm³/mol. The maximum atomic E-state index is 5.15. The third-order valence-electron chi connectivity index (χ3n) is 3.36. The third kappa shape index (κ3) is 5.62. The summed E-state index contributed by atoms with van der Waals surface area (Å²) in [5.41, 5.74) is 1.29. The van der Waals surface area contributed by atoms with Gasteiger partial charge in [0, 0.05) is 31.7 Å². The lowest BCUT2D eigenvalue weighted by Crippen LogP contribution is -2.41. The summed E-state index contributed by atoms with van der Waals surface area (Å²) >= 11 is 0. The van der Waals surface area contributed by atoms with Crippen LogP contribution in [-0.2, 0) is 6.54 Å². The fourth-order valence-corrected chi connectivity index (χ4v) is 2.30. The van der Waals surface area contributed by atoms with Gasteiger partial charge in [0.15, 0.2) is 0 Å². The van der Waals surface area contributed by atoms with Crippen LogP contribution < -0.4 is 10.1 Å². The number of nitrogens with one attached hydrogen (secondary N) is 1. The third-order valence-corrected chi connectivity index (χ3v) is 3.36. The highest BCUT2D eigenvalue weighted by atomic mass is 16.5. The Balaban J connectivity index is 2.29. The molecule has 0 spiro atoms. The van der Waals surface area contributed by atoms with Gasteiger partial charge in [-0.15, -0.1) is 0 Å². The molecule has 1 N–H and O–H groups in total. The Kier molecular flexibility index (Phi) is 6.89. The molecule has 3 heteroatoms. The molecule has 1 rings (SSSR count). The minimum Gasteiger partial charge on any atom is -0.497 e. The number of rotatable bonds is 8. The molecule has 0 unspecified atom stereocenters. The first-order valence-corrected chi connectivity index (χ1v) is 7.14. The summed E-state index contributed by atoms with van der Waals surface area (Å²) in [5.74, 6) is 0.912. The molecule has 1 aromatic rings. The second kappa shape index (κ2) is 8.18. The molecular formula is C16H28N2O. The molecular weight excluding hydrogens is 236 g/mol. The van der Waals surface area contributed by atoms with Gasteiger partial charge >= 0.3 is 0 Å². The average molecular weight is 264 g/mol. The molecule has 0 radical (unpaired) electrons. The van der Waals surface area contributed by atoms with E-state index in [0.717, 1.165) is 25.4 Å². The first-order valence-electron chi connectivity index (χ1n) is 7.14. The number of methoxy groups -OCH3 is 1. The Morgan fingerprint density at radius 2 is 1.63 bits per heavy atom. The van der Waals surface area contributed by atoms with Crippen LogP contribution in [0.2, 0.25) is 0 Å². The Bertz CT molecular complexity index is 338. The fourth-order valence-electron chi connectivity index (χ4n) is 2.30. The predicted octanol–water partition coefficient (Wildman–Crippen LogP) is 2.90. The smallest absolute Gasteiger partial charge is 0.118 e. The van der Waals surface area contributed by atoms with Gasteiger partial charge in [0.25, 0.3) is 0 Å². The summed E-state index contributed by atoms with van der Waals surface area (Å²) in [6.07, 6.45) is 0. The number of benzene rings is 1. The van der Waals surface area contributed by atoms with E-state index in [0.29, 0.717) is 12.1 Å². The van der Waals surface area contributed by atoms with E-state index in [4.69, 9.17) is 4.74 Å². The summed E-state index contributed by atoms with van der Waals surface area (Å²) in [7, 11) is 1.69. The molecule has 0 heterocycles. The maximum Gasteiger partial charge on any atom is 0.118 e. The SMILES string of the molecule is COc1ccc(CNCCN(C(C)C)C(C)C)cc1. The highest BCUT2D eigenvalue weighted by Gasteiger charge is 2.11. The zero-order chi connectivity index (χ0) is 14.3. The lowest BCUT2D eigenvalue weighted by atomic mass is 10.2. The zero-order valence-corrected chi connectivity index (χ0v) is 12.9. The molecule has 108 valence electrons. The molecule has 1 aromatic carbocycles. The lowest BCUT2D eigenvalue weighted by molar-refractivity contribution is 0.176. The van der Waals surface area contributed by atoms with Crippen LogP contribution in [-0.4, -0.2) is 37.2 Å². The van der Waals surface area contributed by atoms with E-state index >= 15 is 0 Å². The molecule has 0 aliphatic rings. The van der Waals surface area contributed by atoms with E-state index in [2.05, 4.69) is 50.0 Å². The number of hydrogen-bond donors (Lipinski definition) is 1. The standard InChI is InChI=1S/C16H28N2O/c1-13(2)18(14(3)4)11-10-17-12-15-6-8-16(19-5)9-7-15/h6-9,13-14,17H,10-12H2,1-5H3. The highest BCUT2D eigenvalue weighted by Crippen LogP contribution is 2.11. The van der Waals surface area contributed by atoms with Gasteiger partial charge in [-0.05, 0) is 45.4 Å². The first-order chi connectivity index (χ1) is 9.04. The van der Waals surface area contributed by atoms with Crippen LogP contribution in [0.1, 0.15) is 33.3 Å². The van der Waals surface area contributed by atoms with Crippen molar-refractivity contribution in [2.45, 2.75) is 46.3 Å². The second-order valence-electron chi connectivity index (χ2n) is 5.45. The molecule has 0 amide bonds. The van der Waals surface area contributed by atoms with Crippen LogP contribution in [0.4, 0.5) is 0 Å². The van der Waals surface area contributed by atoms with Crippen LogP contribution in [0.25, 0.3) is 0 Å². The largest absolute Gasteiger partial charge is 0.497 e. The molecule has 0 aliphatic heterocycles. The van der Waals surface area contributed by atoms with Gasteiger partial charge in [-0.3, -0.25) is 4.90 Å². The molecule has 19 heavy (non-hydrogen) atoms. The number of hydrogen-bond acceptors (Lipinski definition) is 3. The molecule has 0 bridgehead atoms. The first kappa shape index (κ1) is 16.0. The molecule has 0 saturated heterocycles. The van der Waals surface area contributed by atoms with Crippen LogP contribution in [0.5, 0.6) is 5.75 Å². The summed E-state index contributed by atoms with van der Waals surface area (Å²) < 4.78 is 5.15. The van der Waals surface area contributed by atoms with Gasteiger partial charge in [-0.1, -0.05) is 12.1 Å². The van der Waals surface area contributed by atoms with Crippen molar-refractivity contribution >= 4 is 0 Å². The van der Waals surface area contributed by atoms with Gasteiger partial charge in [0.1, 0.15) is 5.75 Å². The summed E-state index contributed by atoms with van der Waals surface area (Å²) in [6.45, 7) is 12.0. The molecule has 3 nitrogen and oxygen atoms in total. The Hall–Kier alpha value is -1.06. The van der Waals surface area contributed by atoms with Crippen molar-refractivity contribution in [2.24, 2.45) is 0 Å². The lowest BCUT2D eigenvalue weighted by Gasteiger charge is -2.30. The minimum atomic E-state index is 0.600. The molecule has 0 atom stereocenters. The fraction of sp³-hybridized carbons (Fsp3) is 0.625. The van der Waals surface area contributed by atoms with Crippen molar-refractivity contribution in [1.29, 1.82) is 0 Å². The minimum absolute atomic E-state index is 0.600. The topological polar surface area (TPSA) is 24.5 Å². The average Bonchev–Trinajstić information content (AvgIpc) is 2.38. The van der Waals surface area contributed by atoms with Gasteiger partial charge in [0.2, 0.25) is 0 Å². The summed E-state index contributed by atoms with van der Waals surface area (Å²) in [5, 5.41) is 3.50. The van der Waals surface area contributed by atoms with Crippen molar-refractivity contribution in [2.75, 3.05) is 20.2 Å². The van der Waals surface area contributed by atoms with Crippen molar-refractivity contribution in [1.82, 2.24) is 10.2 Å². The van der Waals surface area contributed by atoms with E-state index in [1.807, 2.05) is 12.1 Å². The Morgan fingerprint density at radius 1 is 1.05 bits per heavy atom. The van der Waals surface area contributed by atoms with E-state index in [1.54, 1.807) is 7.11 Å². The normalized spacial score (nSPS) is 11.6. The van der Waals surface area contributed by atoms with Gasteiger partial charge < -0.3 is 10.1 Å². The summed E-state index contributed by atoms with van der Waals surface area (Å²) in [4.78, 5) is 2.50. The van der Waals surface area contributed by atoms with Crippen molar-refractivity contribution in [3.8, 4) is 5.75 Å². The van der Waals surface area contributed by atoms with Gasteiger partial charge in [-0.2, -0.15) is 0 Å². The van der Waals surface area contributed by atoms with Crippen LogP contribution in [0, 0.1) is 0 Å². The van der Waals surface area contributed by atoms with Crippen LogP contribution in [0.3, 0.4) is 0 Å². The quantitative estimate of drug-likeness (QED) is 0.731. The molecule has 0 saturated carbocycles. The van der Waals surface area contributed by atoms with Gasteiger partial charge in [-0.25, -0.2) is 0 Å². The molecule has 0 aromatic heterocycles. The summed E-state index contributed by atoms with van der Waals surface area (Å²) in [6, 6.07) is 9.42. The van der Waals surface area contributed by atoms with Gasteiger partial charge in [0.05, 0.1) is 7.11 Å². The van der Waals surface area contributed by atoms with E-state index in [9.17, 15) is 0 Å². The molecule has 0 fully saturated rings. The Labute approximate surface area is 118 Å². The van der Waals surface area contributed by atoms with Crippen molar-refractivity contribution in [3.63, 3.8) is 0 Å². The monoisotopic (exact) mass is 264 g/mol. The van der Waals surface area contributed by atoms with E-state index in [1.165, 1.54) is 5.56 Å². The van der Waals surface area contributed by atoms with E-state index < -0.39 is 0 Å². The maximum absolute atomic E-state index is 5.15. The zero-order valence-electron chi connectivity index (χ0n) is 12.9.